The van der Waals surface area contributed by atoms with Gasteiger partial charge in [0, 0.05) is 25.4 Å². The first kappa shape index (κ1) is 20.4. The van der Waals surface area contributed by atoms with Gasteiger partial charge in [-0.25, -0.2) is 0 Å². The molecule has 29 heavy (non-hydrogen) atoms. The molecule has 2 aromatic carbocycles. The largest absolute Gasteiger partial charge is 0.493 e. The molecule has 0 aromatic heterocycles. The van der Waals surface area contributed by atoms with Gasteiger partial charge >= 0.3 is 0 Å². The van der Waals surface area contributed by atoms with Crippen molar-refractivity contribution in [3.63, 3.8) is 0 Å². The standard InChI is InChI=1S/C23H25Cl2NO3/c1-28-21-9-7-16(11-22(21)29-18-4-2-3-5-18)17-12-23(27)26(14-17)13-15-6-8-19(24)20(25)10-15/h6-11,17-18H,2-5,12-14H2,1H3. The van der Waals surface area contributed by atoms with Gasteiger partial charge in [0.25, 0.3) is 0 Å². The molecule has 0 spiro atoms. The van der Waals surface area contributed by atoms with E-state index in [1.165, 1.54) is 12.8 Å². The molecule has 6 heteroatoms. The van der Waals surface area contributed by atoms with Crippen LogP contribution in [0, 0.1) is 0 Å². The Balaban J connectivity index is 1.48. The average Bonchev–Trinajstić information content (AvgIpc) is 3.35. The van der Waals surface area contributed by atoms with Crippen LogP contribution in [0.3, 0.4) is 0 Å². The lowest BCUT2D eigenvalue weighted by Crippen LogP contribution is -2.24. The zero-order valence-electron chi connectivity index (χ0n) is 16.5. The van der Waals surface area contributed by atoms with E-state index >= 15 is 0 Å². The first-order valence-corrected chi connectivity index (χ1v) is 10.9. The van der Waals surface area contributed by atoms with Crippen LogP contribution in [0.25, 0.3) is 0 Å². The van der Waals surface area contributed by atoms with E-state index in [0.29, 0.717) is 29.6 Å². The number of rotatable bonds is 6. The summed E-state index contributed by atoms with van der Waals surface area (Å²) in [6.45, 7) is 1.21. The summed E-state index contributed by atoms with van der Waals surface area (Å²) in [6, 6.07) is 11.6. The van der Waals surface area contributed by atoms with E-state index in [9.17, 15) is 4.79 Å². The summed E-state index contributed by atoms with van der Waals surface area (Å²) in [4.78, 5) is 14.5. The second-order valence-corrected chi connectivity index (χ2v) is 8.67. The molecule has 1 heterocycles. The molecular formula is C23H25Cl2NO3. The van der Waals surface area contributed by atoms with Crippen LogP contribution >= 0.6 is 23.2 Å². The van der Waals surface area contributed by atoms with Gasteiger partial charge in [0.1, 0.15) is 0 Å². The Bertz CT molecular complexity index is 896. The fourth-order valence-electron chi connectivity index (χ4n) is 4.23. The van der Waals surface area contributed by atoms with Gasteiger partial charge in [0.05, 0.1) is 23.3 Å². The normalized spacial score (nSPS) is 19.8. The molecule has 1 saturated heterocycles. The van der Waals surface area contributed by atoms with E-state index in [4.69, 9.17) is 32.7 Å². The third-order valence-corrected chi connectivity index (χ3v) is 6.57. The van der Waals surface area contributed by atoms with E-state index in [2.05, 4.69) is 6.07 Å². The molecule has 1 aliphatic carbocycles. The molecule has 2 fully saturated rings. The van der Waals surface area contributed by atoms with Crippen LogP contribution in [0.15, 0.2) is 36.4 Å². The molecule has 0 radical (unpaired) electrons. The van der Waals surface area contributed by atoms with Crippen molar-refractivity contribution in [2.75, 3.05) is 13.7 Å². The van der Waals surface area contributed by atoms with Crippen molar-refractivity contribution >= 4 is 29.1 Å². The molecule has 0 bridgehead atoms. The fourth-order valence-corrected chi connectivity index (χ4v) is 4.55. The van der Waals surface area contributed by atoms with Gasteiger partial charge in [0.15, 0.2) is 11.5 Å². The maximum Gasteiger partial charge on any atom is 0.223 e. The predicted molar refractivity (Wildman–Crippen MR) is 115 cm³/mol. The molecule has 4 nitrogen and oxygen atoms in total. The number of methoxy groups -OCH3 is 1. The number of ether oxygens (including phenoxy) is 2. The number of likely N-dealkylation sites (tertiary alicyclic amines) is 1. The Kier molecular flexibility index (Phi) is 6.21. The van der Waals surface area contributed by atoms with Gasteiger partial charge < -0.3 is 14.4 Å². The maximum atomic E-state index is 12.6. The third-order valence-electron chi connectivity index (χ3n) is 5.83. The predicted octanol–water partition coefficient (Wildman–Crippen LogP) is 5.84. The first-order chi connectivity index (χ1) is 14.0. The van der Waals surface area contributed by atoms with Gasteiger partial charge in [-0.05, 0) is 61.1 Å². The zero-order valence-corrected chi connectivity index (χ0v) is 18.0. The Morgan fingerprint density at radius 3 is 2.55 bits per heavy atom. The number of hydrogen-bond donors (Lipinski definition) is 0. The quantitative estimate of drug-likeness (QED) is 0.574. The Morgan fingerprint density at radius 2 is 1.83 bits per heavy atom. The summed E-state index contributed by atoms with van der Waals surface area (Å²) >= 11 is 12.1. The van der Waals surface area contributed by atoms with Gasteiger partial charge in [-0.1, -0.05) is 35.3 Å². The van der Waals surface area contributed by atoms with Crippen molar-refractivity contribution in [3.05, 3.63) is 57.6 Å². The Labute approximate surface area is 181 Å². The zero-order chi connectivity index (χ0) is 20.4. The number of nitrogens with zero attached hydrogens (tertiary/aromatic N) is 1. The number of carbonyl (C=O) groups excluding carboxylic acids is 1. The van der Waals surface area contributed by atoms with Crippen LogP contribution in [-0.4, -0.2) is 30.6 Å². The lowest BCUT2D eigenvalue weighted by molar-refractivity contribution is -0.128. The van der Waals surface area contributed by atoms with E-state index in [1.807, 2.05) is 29.2 Å². The third kappa shape index (κ3) is 4.65. The molecule has 2 aliphatic rings. The minimum Gasteiger partial charge on any atom is -0.493 e. The van der Waals surface area contributed by atoms with Crippen LogP contribution in [0.1, 0.15) is 49.1 Å². The molecule has 1 unspecified atom stereocenters. The van der Waals surface area contributed by atoms with Crippen molar-refractivity contribution in [1.29, 1.82) is 0 Å². The molecule has 1 atom stereocenters. The van der Waals surface area contributed by atoms with Crippen molar-refractivity contribution < 1.29 is 14.3 Å². The number of amides is 1. The van der Waals surface area contributed by atoms with Crippen LogP contribution < -0.4 is 9.47 Å². The monoisotopic (exact) mass is 433 g/mol. The van der Waals surface area contributed by atoms with E-state index < -0.39 is 0 Å². The highest BCUT2D eigenvalue weighted by Gasteiger charge is 2.31. The molecule has 4 rings (SSSR count). The number of halogens is 2. The van der Waals surface area contributed by atoms with Crippen molar-refractivity contribution in [2.45, 2.75) is 50.7 Å². The fraction of sp³-hybridized carbons (Fsp3) is 0.435. The van der Waals surface area contributed by atoms with Crippen molar-refractivity contribution in [1.82, 2.24) is 4.90 Å². The Morgan fingerprint density at radius 1 is 1.03 bits per heavy atom. The highest BCUT2D eigenvalue weighted by molar-refractivity contribution is 6.42. The van der Waals surface area contributed by atoms with Crippen LogP contribution in [0.5, 0.6) is 11.5 Å². The SMILES string of the molecule is COc1ccc(C2CC(=O)N(Cc3ccc(Cl)c(Cl)c3)C2)cc1OC1CCCC1. The van der Waals surface area contributed by atoms with Crippen molar-refractivity contribution in [3.8, 4) is 11.5 Å². The van der Waals surface area contributed by atoms with E-state index in [0.717, 1.165) is 35.5 Å². The molecule has 1 aliphatic heterocycles. The minimum absolute atomic E-state index is 0.141. The van der Waals surface area contributed by atoms with Crippen LogP contribution in [0.4, 0.5) is 0 Å². The molecule has 154 valence electrons. The Hall–Kier alpha value is -1.91. The highest BCUT2D eigenvalue weighted by Crippen LogP contribution is 2.37. The smallest absolute Gasteiger partial charge is 0.223 e. The number of hydrogen-bond acceptors (Lipinski definition) is 3. The number of benzene rings is 2. The van der Waals surface area contributed by atoms with Gasteiger partial charge in [-0.15, -0.1) is 0 Å². The summed E-state index contributed by atoms with van der Waals surface area (Å²) in [5.41, 5.74) is 2.09. The topological polar surface area (TPSA) is 38.8 Å². The van der Waals surface area contributed by atoms with Gasteiger partial charge in [-0.3, -0.25) is 4.79 Å². The lowest BCUT2D eigenvalue weighted by Gasteiger charge is -2.19. The summed E-state index contributed by atoms with van der Waals surface area (Å²) in [5, 5.41) is 1.03. The van der Waals surface area contributed by atoms with Gasteiger partial charge in [0.2, 0.25) is 5.91 Å². The number of carbonyl (C=O) groups is 1. The second kappa shape index (κ2) is 8.85. The molecule has 0 N–H and O–H groups in total. The minimum atomic E-state index is 0.141. The summed E-state index contributed by atoms with van der Waals surface area (Å²) in [7, 11) is 1.66. The van der Waals surface area contributed by atoms with Crippen molar-refractivity contribution in [2.24, 2.45) is 0 Å². The average molecular weight is 434 g/mol. The lowest BCUT2D eigenvalue weighted by atomic mass is 9.98. The summed E-state index contributed by atoms with van der Waals surface area (Å²) in [6.07, 6.45) is 5.37. The van der Waals surface area contributed by atoms with E-state index in [-0.39, 0.29) is 17.9 Å². The van der Waals surface area contributed by atoms with Gasteiger partial charge in [-0.2, -0.15) is 0 Å². The highest BCUT2D eigenvalue weighted by atomic mass is 35.5. The molecule has 1 saturated carbocycles. The van der Waals surface area contributed by atoms with Crippen LogP contribution in [-0.2, 0) is 11.3 Å². The first-order valence-electron chi connectivity index (χ1n) is 10.1. The molecular weight excluding hydrogens is 409 g/mol. The molecule has 2 aromatic rings. The summed E-state index contributed by atoms with van der Waals surface area (Å²) in [5.74, 6) is 1.82. The van der Waals surface area contributed by atoms with Crippen LogP contribution in [0.2, 0.25) is 10.0 Å². The second-order valence-electron chi connectivity index (χ2n) is 7.86. The molecule has 1 amide bonds. The van der Waals surface area contributed by atoms with E-state index in [1.54, 1.807) is 13.2 Å². The maximum absolute atomic E-state index is 12.6. The summed E-state index contributed by atoms with van der Waals surface area (Å²) < 4.78 is 11.7.